The van der Waals surface area contributed by atoms with Gasteiger partial charge in [0.15, 0.2) is 0 Å². The van der Waals surface area contributed by atoms with E-state index in [0.29, 0.717) is 11.3 Å². The molecule has 28 heavy (non-hydrogen) atoms. The summed E-state index contributed by atoms with van der Waals surface area (Å²) in [6.07, 6.45) is -0.488. The number of alkyl halides is 3. The third-order valence-corrected chi connectivity index (χ3v) is 3.95. The predicted molar refractivity (Wildman–Crippen MR) is 95.6 cm³/mol. The lowest BCUT2D eigenvalue weighted by Crippen LogP contribution is -2.33. The number of esters is 1. The Morgan fingerprint density at radius 3 is 2.75 bits per heavy atom. The van der Waals surface area contributed by atoms with Crippen LogP contribution >= 0.6 is 0 Å². The molecule has 3 aromatic rings. The van der Waals surface area contributed by atoms with Crippen LogP contribution in [0.1, 0.15) is 0 Å². The molecule has 0 N–H and O–H groups in total. The summed E-state index contributed by atoms with van der Waals surface area (Å²) < 4.78 is 54.8. The number of hydrogen-bond acceptors (Lipinski definition) is 5. The number of fused-ring (bicyclic) bond motifs is 1. The number of nitrogens with zero attached hydrogens (tertiary/aromatic N) is 1. The van der Waals surface area contributed by atoms with Crippen LogP contribution in [0.4, 0.5) is 13.2 Å². The molecule has 5 nitrogen and oxygen atoms in total. The second-order valence-electron chi connectivity index (χ2n) is 5.94. The first kappa shape index (κ1) is 19.5. The molecule has 8 heteroatoms. The molecule has 3 rings (SSSR count). The highest BCUT2D eigenvalue weighted by molar-refractivity contribution is 5.83. The highest BCUT2D eigenvalue weighted by atomic mass is 19.4. The van der Waals surface area contributed by atoms with Crippen LogP contribution in [0.2, 0.25) is 0 Å². The van der Waals surface area contributed by atoms with Crippen molar-refractivity contribution in [3.8, 4) is 17.1 Å². The first-order valence-corrected chi connectivity index (χ1v) is 8.29. The van der Waals surface area contributed by atoms with Crippen molar-refractivity contribution < 1.29 is 31.9 Å². The molecule has 0 bridgehead atoms. The van der Waals surface area contributed by atoms with Gasteiger partial charge >= 0.3 is 12.1 Å². The molecule has 2 heterocycles. The van der Waals surface area contributed by atoms with Crippen LogP contribution in [0.25, 0.3) is 22.3 Å². The molecule has 0 amide bonds. The molecule has 0 aliphatic rings. The maximum Gasteiger partial charge on any atom is 0.398 e. The lowest BCUT2D eigenvalue weighted by atomic mass is 10.1. The predicted octanol–water partition coefficient (Wildman–Crippen LogP) is 4.78. The van der Waals surface area contributed by atoms with Gasteiger partial charge in [0.05, 0.1) is 0 Å². The minimum absolute atomic E-state index is 0.212. The first-order chi connectivity index (χ1) is 13.4. The van der Waals surface area contributed by atoms with Gasteiger partial charge in [0.2, 0.25) is 0 Å². The summed E-state index contributed by atoms with van der Waals surface area (Å²) in [5, 5.41) is 0.776. The topological polar surface area (TPSA) is 61.6 Å². The van der Waals surface area contributed by atoms with Gasteiger partial charge in [0, 0.05) is 35.5 Å². The molecular weight excluding hydrogens is 375 g/mol. The van der Waals surface area contributed by atoms with Gasteiger partial charge in [-0.05, 0) is 30.3 Å². The van der Waals surface area contributed by atoms with Gasteiger partial charge in [-0.15, -0.1) is 0 Å². The van der Waals surface area contributed by atoms with Crippen LogP contribution < -0.4 is 4.74 Å². The average molecular weight is 391 g/mol. The van der Waals surface area contributed by atoms with E-state index in [0.717, 1.165) is 17.0 Å². The minimum Gasteiger partial charge on any atom is -0.493 e. The average Bonchev–Trinajstić information content (AvgIpc) is 3.10. The van der Waals surface area contributed by atoms with E-state index in [4.69, 9.17) is 9.15 Å². The molecular formula is C20H16F3NO4. The molecule has 0 saturated heterocycles. The lowest BCUT2D eigenvalue weighted by Gasteiger charge is -2.20. The van der Waals surface area contributed by atoms with Crippen molar-refractivity contribution in [1.82, 2.24) is 4.98 Å². The summed E-state index contributed by atoms with van der Waals surface area (Å²) in [7, 11) is 0. The summed E-state index contributed by atoms with van der Waals surface area (Å²) in [4.78, 5) is 15.0. The van der Waals surface area contributed by atoms with Gasteiger partial charge in [0.25, 0.3) is 0 Å². The number of aromatic nitrogens is 1. The zero-order valence-corrected chi connectivity index (χ0v) is 14.6. The highest BCUT2D eigenvalue weighted by Crippen LogP contribution is 2.31. The Kier molecular flexibility index (Phi) is 5.67. The molecule has 146 valence electrons. The van der Waals surface area contributed by atoms with E-state index >= 15 is 0 Å². The second kappa shape index (κ2) is 8.16. The van der Waals surface area contributed by atoms with E-state index in [1.54, 1.807) is 30.6 Å². The molecule has 0 aliphatic heterocycles. The number of halogens is 3. The zero-order chi connectivity index (χ0) is 20.1. The maximum atomic E-state index is 13.1. The van der Waals surface area contributed by atoms with Crippen LogP contribution in [0, 0.1) is 5.92 Å². The third-order valence-electron chi connectivity index (χ3n) is 3.95. The number of furan rings is 1. The summed E-state index contributed by atoms with van der Waals surface area (Å²) in [5.41, 5.74) is 1.25. The van der Waals surface area contributed by atoms with Crippen LogP contribution in [-0.2, 0) is 9.53 Å². The Labute approximate surface area is 158 Å². The van der Waals surface area contributed by atoms with Crippen molar-refractivity contribution in [2.24, 2.45) is 5.92 Å². The van der Waals surface area contributed by atoms with Crippen LogP contribution in [0.3, 0.4) is 0 Å². The quantitative estimate of drug-likeness (QED) is 0.428. The molecule has 1 unspecified atom stereocenters. The molecule has 0 radical (unpaired) electrons. The number of carbonyl (C=O) groups excluding carboxylic acids is 1. The van der Waals surface area contributed by atoms with E-state index in [9.17, 15) is 18.0 Å². The van der Waals surface area contributed by atoms with Gasteiger partial charge < -0.3 is 13.9 Å². The molecule has 2 aromatic heterocycles. The van der Waals surface area contributed by atoms with Gasteiger partial charge in [-0.2, -0.15) is 13.2 Å². The maximum absolute atomic E-state index is 13.1. The number of hydrogen-bond donors (Lipinski definition) is 0. The number of benzene rings is 1. The lowest BCUT2D eigenvalue weighted by molar-refractivity contribution is -0.195. The van der Waals surface area contributed by atoms with Crippen molar-refractivity contribution >= 4 is 16.9 Å². The number of pyridine rings is 1. The Morgan fingerprint density at radius 2 is 2.07 bits per heavy atom. The largest absolute Gasteiger partial charge is 0.493 e. The fourth-order valence-electron chi connectivity index (χ4n) is 2.43. The summed E-state index contributed by atoms with van der Waals surface area (Å²) in [6.45, 7) is 1.60. The molecule has 0 spiro atoms. The van der Waals surface area contributed by atoms with Crippen molar-refractivity contribution in [1.29, 1.82) is 0 Å². The Hall–Kier alpha value is -3.29. The third kappa shape index (κ3) is 4.70. The fourth-order valence-corrected chi connectivity index (χ4v) is 2.43. The number of rotatable bonds is 7. The normalized spacial score (nSPS) is 12.5. The van der Waals surface area contributed by atoms with Crippen molar-refractivity contribution in [3.63, 3.8) is 0 Å². The highest BCUT2D eigenvalue weighted by Gasteiger charge is 2.41. The standard InChI is InChI=1S/C20H16F3NO4/c1-2-19(25)27-12-15(20(21,22)23)11-26-16-6-5-13-8-17(28-18(13)9-16)14-4-3-7-24-10-14/h2-10,15H,1,11-12H2. The van der Waals surface area contributed by atoms with Crippen molar-refractivity contribution in [2.75, 3.05) is 13.2 Å². The Balaban J connectivity index is 1.72. The first-order valence-electron chi connectivity index (χ1n) is 8.29. The second-order valence-corrected chi connectivity index (χ2v) is 5.94. The van der Waals surface area contributed by atoms with E-state index in [1.165, 1.54) is 6.07 Å². The van der Waals surface area contributed by atoms with Crippen LogP contribution in [0.5, 0.6) is 5.75 Å². The smallest absolute Gasteiger partial charge is 0.398 e. The molecule has 1 atom stereocenters. The fraction of sp³-hybridized carbons (Fsp3) is 0.200. The van der Waals surface area contributed by atoms with Crippen molar-refractivity contribution in [3.05, 3.63) is 61.4 Å². The Bertz CT molecular complexity index is 966. The number of carbonyl (C=O) groups is 1. The summed E-state index contributed by atoms with van der Waals surface area (Å²) >= 11 is 0. The summed E-state index contributed by atoms with van der Waals surface area (Å²) in [5.74, 6) is -2.09. The van der Waals surface area contributed by atoms with Gasteiger partial charge in [-0.3, -0.25) is 4.98 Å². The molecule has 0 saturated carbocycles. The molecule has 1 aromatic carbocycles. The van der Waals surface area contributed by atoms with E-state index in [2.05, 4.69) is 16.3 Å². The van der Waals surface area contributed by atoms with Crippen LogP contribution in [-0.4, -0.2) is 30.3 Å². The number of ether oxygens (including phenoxy) is 2. The van der Waals surface area contributed by atoms with E-state index < -0.39 is 31.3 Å². The molecule has 0 fully saturated rings. The molecule has 0 aliphatic carbocycles. The van der Waals surface area contributed by atoms with Crippen LogP contribution in [0.15, 0.2) is 65.9 Å². The van der Waals surface area contributed by atoms with E-state index in [-0.39, 0.29) is 5.75 Å². The van der Waals surface area contributed by atoms with Gasteiger partial charge in [-0.1, -0.05) is 6.58 Å². The zero-order valence-electron chi connectivity index (χ0n) is 14.6. The monoisotopic (exact) mass is 391 g/mol. The van der Waals surface area contributed by atoms with Crippen molar-refractivity contribution in [2.45, 2.75) is 6.18 Å². The Morgan fingerprint density at radius 1 is 1.25 bits per heavy atom. The van der Waals surface area contributed by atoms with Gasteiger partial charge in [-0.25, -0.2) is 4.79 Å². The van der Waals surface area contributed by atoms with Gasteiger partial charge in [0.1, 0.15) is 36.2 Å². The minimum atomic E-state index is -4.58. The summed E-state index contributed by atoms with van der Waals surface area (Å²) in [6, 6.07) is 10.2. The van der Waals surface area contributed by atoms with E-state index in [1.807, 2.05) is 12.1 Å². The SMILES string of the molecule is C=CC(=O)OCC(COc1ccc2cc(-c3cccnc3)oc2c1)C(F)(F)F.